The highest BCUT2D eigenvalue weighted by Gasteiger charge is 2.19. The van der Waals surface area contributed by atoms with Crippen molar-refractivity contribution in [3.8, 4) is 11.5 Å². The molecule has 1 amide bonds. The van der Waals surface area contributed by atoms with Gasteiger partial charge in [0.1, 0.15) is 11.5 Å². The lowest BCUT2D eigenvalue weighted by Gasteiger charge is -2.28. The molecule has 0 aliphatic carbocycles. The van der Waals surface area contributed by atoms with Crippen LogP contribution in [0.1, 0.15) is 36.5 Å². The minimum Gasteiger partial charge on any atom is -0.508 e. The van der Waals surface area contributed by atoms with E-state index in [-0.39, 0.29) is 29.0 Å². The molecule has 0 saturated carbocycles. The molecule has 5 heteroatoms. The molecular weight excluding hydrogens is 244 g/mol. The Morgan fingerprint density at radius 2 is 2.21 bits per heavy atom. The molecule has 2 rings (SSSR count). The molecule has 5 nitrogen and oxygen atoms in total. The highest BCUT2D eigenvalue weighted by molar-refractivity contribution is 5.97. The summed E-state index contributed by atoms with van der Waals surface area (Å²) in [6, 6.07) is 4.73. The summed E-state index contributed by atoms with van der Waals surface area (Å²) in [6.45, 7) is 2.68. The monoisotopic (exact) mass is 264 g/mol. The molecule has 0 radical (unpaired) electrons. The van der Waals surface area contributed by atoms with Gasteiger partial charge in [-0.15, -0.1) is 0 Å². The minimum absolute atomic E-state index is 0.0585. The van der Waals surface area contributed by atoms with Gasteiger partial charge in [0, 0.05) is 24.7 Å². The molecule has 1 fully saturated rings. The number of carbonyl (C=O) groups is 1. The van der Waals surface area contributed by atoms with Crippen LogP contribution in [0.4, 0.5) is 0 Å². The quantitative estimate of drug-likeness (QED) is 0.664. The van der Waals surface area contributed by atoms with Gasteiger partial charge in [0.2, 0.25) is 0 Å². The van der Waals surface area contributed by atoms with Crippen molar-refractivity contribution in [2.45, 2.75) is 38.3 Å². The average Bonchev–Trinajstić information content (AvgIpc) is 2.36. The zero-order valence-corrected chi connectivity index (χ0v) is 11.0. The van der Waals surface area contributed by atoms with Gasteiger partial charge in [0.05, 0.1) is 5.56 Å². The molecule has 1 saturated heterocycles. The van der Waals surface area contributed by atoms with E-state index in [9.17, 15) is 15.0 Å². The lowest BCUT2D eigenvalue weighted by molar-refractivity contribution is 0.0943. The first-order chi connectivity index (χ1) is 9.06. The number of rotatable bonds is 3. The maximum atomic E-state index is 11.9. The standard InChI is InChI=1S/C14H20N2O3/c1-9-3-2-4-10(16-9)8-15-14(19)12-6-5-11(17)7-13(12)18/h5-7,9-10,16-18H,2-4,8H2,1H3,(H,15,19). The first kappa shape index (κ1) is 13.7. The Bertz CT molecular complexity index is 462. The summed E-state index contributed by atoms with van der Waals surface area (Å²) >= 11 is 0. The van der Waals surface area contributed by atoms with Crippen LogP contribution in [-0.2, 0) is 0 Å². The van der Waals surface area contributed by atoms with Gasteiger partial charge in [-0.25, -0.2) is 0 Å². The Labute approximate surface area is 112 Å². The predicted octanol–water partition coefficient (Wildman–Crippen LogP) is 1.36. The van der Waals surface area contributed by atoms with Gasteiger partial charge >= 0.3 is 0 Å². The van der Waals surface area contributed by atoms with E-state index in [1.54, 1.807) is 0 Å². The normalized spacial score (nSPS) is 23.0. The molecule has 1 heterocycles. The smallest absolute Gasteiger partial charge is 0.255 e. The van der Waals surface area contributed by atoms with Crippen LogP contribution < -0.4 is 10.6 Å². The third kappa shape index (κ3) is 3.61. The number of benzene rings is 1. The molecule has 0 spiro atoms. The van der Waals surface area contributed by atoms with E-state index in [0.717, 1.165) is 12.5 Å². The second kappa shape index (κ2) is 5.93. The van der Waals surface area contributed by atoms with Crippen molar-refractivity contribution in [2.75, 3.05) is 6.54 Å². The second-order valence-electron chi connectivity index (χ2n) is 5.11. The Kier molecular flexibility index (Phi) is 4.27. The molecular formula is C14H20N2O3. The van der Waals surface area contributed by atoms with Crippen LogP contribution in [0.3, 0.4) is 0 Å². The summed E-state index contributed by atoms with van der Waals surface area (Å²) in [5, 5.41) is 25.0. The number of hydrogen-bond acceptors (Lipinski definition) is 4. The fraction of sp³-hybridized carbons (Fsp3) is 0.500. The molecule has 1 aromatic rings. The highest BCUT2D eigenvalue weighted by atomic mass is 16.3. The summed E-state index contributed by atoms with van der Waals surface area (Å²) in [4.78, 5) is 11.9. The molecule has 19 heavy (non-hydrogen) atoms. The summed E-state index contributed by atoms with van der Waals surface area (Å²) < 4.78 is 0. The van der Waals surface area contributed by atoms with E-state index in [4.69, 9.17) is 0 Å². The van der Waals surface area contributed by atoms with E-state index in [2.05, 4.69) is 17.6 Å². The van der Waals surface area contributed by atoms with Gasteiger partial charge in [-0.2, -0.15) is 0 Å². The highest BCUT2D eigenvalue weighted by Crippen LogP contribution is 2.22. The van der Waals surface area contributed by atoms with Crippen molar-refractivity contribution in [3.05, 3.63) is 23.8 Å². The zero-order chi connectivity index (χ0) is 13.8. The van der Waals surface area contributed by atoms with Crippen molar-refractivity contribution < 1.29 is 15.0 Å². The molecule has 104 valence electrons. The average molecular weight is 264 g/mol. The van der Waals surface area contributed by atoms with Crippen molar-refractivity contribution in [3.63, 3.8) is 0 Å². The molecule has 0 aromatic heterocycles. The lowest BCUT2D eigenvalue weighted by Crippen LogP contribution is -2.47. The number of phenolic OH excluding ortho intramolecular Hbond substituents is 2. The molecule has 0 bridgehead atoms. The van der Waals surface area contributed by atoms with Gasteiger partial charge in [-0.3, -0.25) is 4.79 Å². The second-order valence-corrected chi connectivity index (χ2v) is 5.11. The van der Waals surface area contributed by atoms with Crippen molar-refractivity contribution in [1.82, 2.24) is 10.6 Å². The first-order valence-corrected chi connectivity index (χ1v) is 6.62. The third-order valence-electron chi connectivity index (χ3n) is 3.44. The maximum absolute atomic E-state index is 11.9. The van der Waals surface area contributed by atoms with Crippen LogP contribution in [0.15, 0.2) is 18.2 Å². The van der Waals surface area contributed by atoms with Gasteiger partial charge in [0.15, 0.2) is 0 Å². The Morgan fingerprint density at radius 1 is 1.42 bits per heavy atom. The summed E-state index contributed by atoms with van der Waals surface area (Å²) in [7, 11) is 0. The van der Waals surface area contributed by atoms with Gasteiger partial charge in [-0.1, -0.05) is 6.42 Å². The largest absolute Gasteiger partial charge is 0.508 e. The summed E-state index contributed by atoms with van der Waals surface area (Å²) in [5.74, 6) is -0.586. The van der Waals surface area contributed by atoms with Crippen LogP contribution in [0, 0.1) is 0 Å². The SMILES string of the molecule is CC1CCCC(CNC(=O)c2ccc(O)cc2O)N1. The number of hydrogen-bond donors (Lipinski definition) is 4. The minimum atomic E-state index is -0.322. The summed E-state index contributed by atoms with van der Waals surface area (Å²) in [6.07, 6.45) is 3.38. The molecule has 1 aliphatic rings. The molecule has 2 unspecified atom stereocenters. The zero-order valence-electron chi connectivity index (χ0n) is 11.0. The number of nitrogens with one attached hydrogen (secondary N) is 2. The molecule has 2 atom stereocenters. The Balaban J connectivity index is 1.90. The van der Waals surface area contributed by atoms with E-state index in [1.807, 2.05) is 0 Å². The Morgan fingerprint density at radius 3 is 2.89 bits per heavy atom. The van der Waals surface area contributed by atoms with Gasteiger partial charge in [0.25, 0.3) is 5.91 Å². The first-order valence-electron chi connectivity index (χ1n) is 6.62. The summed E-state index contributed by atoms with van der Waals surface area (Å²) in [5.41, 5.74) is 0.182. The van der Waals surface area contributed by atoms with Crippen molar-refractivity contribution >= 4 is 5.91 Å². The fourth-order valence-electron chi connectivity index (χ4n) is 2.42. The predicted molar refractivity (Wildman–Crippen MR) is 72.3 cm³/mol. The Hall–Kier alpha value is -1.75. The number of aromatic hydroxyl groups is 2. The topological polar surface area (TPSA) is 81.6 Å². The van der Waals surface area contributed by atoms with Crippen LogP contribution in [0.2, 0.25) is 0 Å². The van der Waals surface area contributed by atoms with E-state index >= 15 is 0 Å². The lowest BCUT2D eigenvalue weighted by atomic mass is 9.99. The van der Waals surface area contributed by atoms with E-state index in [1.165, 1.54) is 25.0 Å². The van der Waals surface area contributed by atoms with Gasteiger partial charge < -0.3 is 20.8 Å². The van der Waals surface area contributed by atoms with Crippen molar-refractivity contribution in [2.24, 2.45) is 0 Å². The molecule has 1 aromatic carbocycles. The molecule has 4 N–H and O–H groups in total. The number of amides is 1. The van der Waals surface area contributed by atoms with Crippen LogP contribution in [0.5, 0.6) is 11.5 Å². The van der Waals surface area contributed by atoms with E-state index in [0.29, 0.717) is 12.6 Å². The van der Waals surface area contributed by atoms with Crippen LogP contribution >= 0.6 is 0 Å². The van der Waals surface area contributed by atoms with Gasteiger partial charge in [-0.05, 0) is 31.9 Å². The third-order valence-corrected chi connectivity index (χ3v) is 3.44. The van der Waals surface area contributed by atoms with Crippen molar-refractivity contribution in [1.29, 1.82) is 0 Å². The maximum Gasteiger partial charge on any atom is 0.255 e. The number of carbonyl (C=O) groups excluding carboxylic acids is 1. The van der Waals surface area contributed by atoms with E-state index < -0.39 is 0 Å². The number of piperidine rings is 1. The molecule has 1 aliphatic heterocycles. The van der Waals surface area contributed by atoms with Crippen LogP contribution in [0.25, 0.3) is 0 Å². The number of phenols is 2. The van der Waals surface area contributed by atoms with Crippen LogP contribution in [-0.4, -0.2) is 34.7 Å². The fourth-order valence-corrected chi connectivity index (χ4v) is 2.42.